The monoisotopic (exact) mass is 121 g/mol. The van der Waals surface area contributed by atoms with Crippen LogP contribution in [0.5, 0.6) is 0 Å². The lowest BCUT2D eigenvalue weighted by Gasteiger charge is -2.02. The second kappa shape index (κ2) is 4.99. The molecular weight excluding hydrogens is 112 g/mol. The fraction of sp³-hybridized carbons (Fsp3) is 1.00. The molecule has 0 aromatic heterocycles. The van der Waals surface area contributed by atoms with Crippen LogP contribution in [0.2, 0.25) is 0 Å². The van der Waals surface area contributed by atoms with E-state index in [2.05, 4.69) is 9.78 Å². The van der Waals surface area contributed by atoms with Crippen LogP contribution >= 0.6 is 0 Å². The molecule has 1 N–H and O–H groups in total. The average molecular weight is 121 g/mol. The maximum absolute atomic E-state index is 9.38. The summed E-state index contributed by atoms with van der Waals surface area (Å²) < 4.78 is 0. The summed E-state index contributed by atoms with van der Waals surface area (Å²) in [6, 6.07) is 0. The van der Waals surface area contributed by atoms with Crippen molar-refractivity contribution in [2.45, 2.75) is 6.92 Å². The summed E-state index contributed by atoms with van der Waals surface area (Å²) in [6.07, 6.45) is 0. The molecule has 1 atom stereocenters. The molecule has 0 amide bonds. The van der Waals surface area contributed by atoms with Gasteiger partial charge in [0.15, 0.2) is 0 Å². The normalized spacial score (nSPS) is 10.5. The van der Waals surface area contributed by atoms with Gasteiger partial charge in [0.05, 0.1) is 13.2 Å². The SMILES string of the molecule is CC(CO[O])COO. The van der Waals surface area contributed by atoms with Crippen molar-refractivity contribution in [2.75, 3.05) is 13.2 Å². The van der Waals surface area contributed by atoms with Crippen LogP contribution in [0.25, 0.3) is 0 Å². The van der Waals surface area contributed by atoms with Crippen molar-refractivity contribution in [1.29, 1.82) is 0 Å². The first kappa shape index (κ1) is 7.84. The first-order chi connectivity index (χ1) is 3.81. The summed E-state index contributed by atoms with van der Waals surface area (Å²) in [5, 5.41) is 17.2. The third-order valence-electron chi connectivity index (χ3n) is 0.712. The standard InChI is InChI=1S/C4H9O4/c1-4(2-7-5)3-8-6/h4-5H,2-3H2,1H3. The van der Waals surface area contributed by atoms with Gasteiger partial charge in [0, 0.05) is 5.92 Å². The Morgan fingerprint density at radius 1 is 1.62 bits per heavy atom. The highest BCUT2D eigenvalue weighted by atomic mass is 17.1. The van der Waals surface area contributed by atoms with Crippen molar-refractivity contribution >= 4 is 0 Å². The van der Waals surface area contributed by atoms with E-state index in [0.29, 0.717) is 0 Å². The van der Waals surface area contributed by atoms with E-state index in [1.807, 2.05) is 0 Å². The largest absolute Gasteiger partial charge is 0.252 e. The van der Waals surface area contributed by atoms with Gasteiger partial charge >= 0.3 is 0 Å². The zero-order valence-corrected chi connectivity index (χ0v) is 4.66. The highest BCUT2D eigenvalue weighted by Crippen LogP contribution is 1.93. The van der Waals surface area contributed by atoms with Crippen molar-refractivity contribution in [1.82, 2.24) is 0 Å². The van der Waals surface area contributed by atoms with Gasteiger partial charge in [-0.25, -0.2) is 9.78 Å². The fourth-order valence-electron chi connectivity index (χ4n) is 0.292. The molecule has 0 aliphatic heterocycles. The van der Waals surface area contributed by atoms with E-state index >= 15 is 0 Å². The Kier molecular flexibility index (Phi) is 4.89. The number of rotatable bonds is 4. The van der Waals surface area contributed by atoms with Crippen LogP contribution in [-0.4, -0.2) is 18.5 Å². The minimum Gasteiger partial charge on any atom is -0.252 e. The molecule has 1 unspecified atom stereocenters. The van der Waals surface area contributed by atoms with Gasteiger partial charge in [0.2, 0.25) is 0 Å². The molecule has 8 heavy (non-hydrogen) atoms. The highest BCUT2D eigenvalue weighted by Gasteiger charge is 2.00. The molecule has 0 aromatic carbocycles. The van der Waals surface area contributed by atoms with Crippen molar-refractivity contribution in [3.8, 4) is 0 Å². The first-order valence-corrected chi connectivity index (χ1v) is 2.32. The average Bonchev–Trinajstić information content (AvgIpc) is 1.68. The van der Waals surface area contributed by atoms with Crippen LogP contribution in [-0.2, 0) is 15.0 Å². The molecule has 0 aromatic rings. The van der Waals surface area contributed by atoms with E-state index in [4.69, 9.17) is 5.26 Å². The second-order valence-electron chi connectivity index (χ2n) is 1.69. The quantitative estimate of drug-likeness (QED) is 0.434. The van der Waals surface area contributed by atoms with Crippen molar-refractivity contribution in [3.63, 3.8) is 0 Å². The molecule has 0 saturated carbocycles. The zero-order chi connectivity index (χ0) is 6.41. The summed E-state index contributed by atoms with van der Waals surface area (Å²) in [5.41, 5.74) is 0. The molecule has 4 heteroatoms. The van der Waals surface area contributed by atoms with Gasteiger partial charge in [0.1, 0.15) is 0 Å². The molecule has 0 aliphatic rings. The molecule has 1 radical (unpaired) electrons. The molecule has 0 rings (SSSR count). The lowest BCUT2D eigenvalue weighted by atomic mass is 10.2. The lowest BCUT2D eigenvalue weighted by Crippen LogP contribution is -2.09. The van der Waals surface area contributed by atoms with Gasteiger partial charge in [-0.1, -0.05) is 6.92 Å². The van der Waals surface area contributed by atoms with Crippen molar-refractivity contribution in [3.05, 3.63) is 0 Å². The Hall–Kier alpha value is -0.160. The summed E-state index contributed by atoms with van der Waals surface area (Å²) in [7, 11) is 0. The van der Waals surface area contributed by atoms with E-state index in [1.165, 1.54) is 0 Å². The van der Waals surface area contributed by atoms with E-state index in [1.54, 1.807) is 6.92 Å². The molecule has 0 aliphatic carbocycles. The number of hydrogen-bond acceptors (Lipinski definition) is 3. The lowest BCUT2D eigenvalue weighted by molar-refractivity contribution is -0.319. The van der Waals surface area contributed by atoms with Crippen LogP contribution in [0, 0.1) is 5.92 Å². The van der Waals surface area contributed by atoms with Crippen molar-refractivity contribution in [2.24, 2.45) is 5.92 Å². The molecule has 0 spiro atoms. The highest BCUT2D eigenvalue weighted by molar-refractivity contribution is 4.43. The molecule has 0 heterocycles. The maximum atomic E-state index is 9.38. The van der Waals surface area contributed by atoms with Gasteiger partial charge in [-0.05, 0) is 5.26 Å². The molecule has 4 nitrogen and oxygen atoms in total. The Morgan fingerprint density at radius 3 is 2.62 bits per heavy atom. The molecule has 49 valence electrons. The summed E-state index contributed by atoms with van der Waals surface area (Å²) in [5.74, 6) is -0.0440. The summed E-state index contributed by atoms with van der Waals surface area (Å²) >= 11 is 0. The summed E-state index contributed by atoms with van der Waals surface area (Å²) in [4.78, 5) is 7.25. The topological polar surface area (TPSA) is 58.6 Å². The van der Waals surface area contributed by atoms with Gasteiger partial charge in [-0.3, -0.25) is 5.26 Å². The van der Waals surface area contributed by atoms with Crippen LogP contribution in [0.1, 0.15) is 6.92 Å². The van der Waals surface area contributed by atoms with E-state index in [0.717, 1.165) is 0 Å². The summed E-state index contributed by atoms with van der Waals surface area (Å²) in [6.45, 7) is 1.94. The van der Waals surface area contributed by atoms with E-state index in [-0.39, 0.29) is 19.1 Å². The molecule has 0 fully saturated rings. The Labute approximate surface area is 47.5 Å². The molecule has 0 bridgehead atoms. The molecular formula is C4H9O4. The first-order valence-electron chi connectivity index (χ1n) is 2.32. The minimum absolute atomic E-state index is 0.0440. The third-order valence-corrected chi connectivity index (χ3v) is 0.712. The van der Waals surface area contributed by atoms with Crippen molar-refractivity contribution < 1.29 is 20.3 Å². The zero-order valence-electron chi connectivity index (χ0n) is 4.66. The molecule has 0 saturated heterocycles. The Bertz CT molecular complexity index is 41.3. The van der Waals surface area contributed by atoms with Crippen LogP contribution in [0.3, 0.4) is 0 Å². The van der Waals surface area contributed by atoms with Gasteiger partial charge < -0.3 is 0 Å². The smallest absolute Gasteiger partial charge is 0.0903 e. The van der Waals surface area contributed by atoms with Gasteiger partial charge in [-0.2, -0.15) is 0 Å². The van der Waals surface area contributed by atoms with Crippen LogP contribution in [0.4, 0.5) is 0 Å². The van der Waals surface area contributed by atoms with E-state index < -0.39 is 0 Å². The van der Waals surface area contributed by atoms with Crippen LogP contribution in [0.15, 0.2) is 0 Å². The predicted octanol–water partition coefficient (Wildman–Crippen LogP) is 0.474. The predicted molar refractivity (Wildman–Crippen MR) is 24.4 cm³/mol. The van der Waals surface area contributed by atoms with Crippen LogP contribution < -0.4 is 0 Å². The fourth-order valence-corrected chi connectivity index (χ4v) is 0.292. The maximum Gasteiger partial charge on any atom is 0.0903 e. The van der Waals surface area contributed by atoms with Gasteiger partial charge in [-0.15, -0.1) is 0 Å². The number of hydrogen-bond donors (Lipinski definition) is 1. The Morgan fingerprint density at radius 2 is 2.25 bits per heavy atom. The second-order valence-corrected chi connectivity index (χ2v) is 1.69. The Balaban J connectivity index is 2.92. The van der Waals surface area contributed by atoms with Gasteiger partial charge in [0.25, 0.3) is 0 Å². The van der Waals surface area contributed by atoms with E-state index in [9.17, 15) is 5.26 Å². The third kappa shape index (κ3) is 4.01. The minimum atomic E-state index is -0.0440.